The Hall–Kier alpha value is -3.26. The number of rotatable bonds is 3. The Morgan fingerprint density at radius 2 is 1.88 bits per heavy atom. The molecule has 0 aliphatic rings. The van der Waals surface area contributed by atoms with E-state index >= 15 is 0 Å². The van der Waals surface area contributed by atoms with Gasteiger partial charge >= 0.3 is 0 Å². The van der Waals surface area contributed by atoms with Crippen molar-refractivity contribution in [2.24, 2.45) is 0 Å². The normalized spacial score (nSPS) is 11.1. The van der Waals surface area contributed by atoms with Gasteiger partial charge in [0, 0.05) is 16.5 Å². The minimum atomic E-state index is -0.422. The number of fused-ring (bicyclic) bond motifs is 2. The molecule has 0 atom stereocenters. The Morgan fingerprint density at radius 3 is 2.69 bits per heavy atom. The van der Waals surface area contributed by atoms with Gasteiger partial charge in [0.15, 0.2) is 10.9 Å². The first kappa shape index (κ1) is 20.6. The number of nitrogens with one attached hydrogen (secondary N) is 2. The molecule has 0 spiro atoms. The highest BCUT2D eigenvalue weighted by atomic mass is 35.5. The van der Waals surface area contributed by atoms with Crippen molar-refractivity contribution in [3.05, 3.63) is 83.1 Å². The van der Waals surface area contributed by atoms with Crippen molar-refractivity contribution >= 4 is 73.0 Å². The van der Waals surface area contributed by atoms with Gasteiger partial charge in [-0.25, -0.2) is 4.98 Å². The zero-order valence-electron chi connectivity index (χ0n) is 16.8. The number of hydrogen-bond donors (Lipinski definition) is 2. The van der Waals surface area contributed by atoms with Crippen LogP contribution in [0.15, 0.2) is 71.1 Å². The molecule has 8 heteroatoms. The van der Waals surface area contributed by atoms with Gasteiger partial charge in [-0.05, 0) is 49.5 Å². The van der Waals surface area contributed by atoms with E-state index in [9.17, 15) is 4.79 Å². The van der Waals surface area contributed by atoms with Crippen molar-refractivity contribution in [2.75, 3.05) is 5.32 Å². The predicted molar refractivity (Wildman–Crippen MR) is 135 cm³/mol. The smallest absolute Gasteiger partial charge is 0.293 e. The van der Waals surface area contributed by atoms with Gasteiger partial charge in [-0.15, -0.1) is 11.3 Å². The van der Waals surface area contributed by atoms with Crippen molar-refractivity contribution in [3.63, 3.8) is 0 Å². The van der Waals surface area contributed by atoms with E-state index in [1.807, 2.05) is 67.6 Å². The molecule has 3 aromatic carbocycles. The largest absolute Gasteiger partial charge is 0.451 e. The second-order valence-electron chi connectivity index (χ2n) is 7.14. The molecular weight excluding hydrogens is 462 g/mol. The lowest BCUT2D eigenvalue weighted by molar-refractivity contribution is 0.0952. The third-order valence-corrected chi connectivity index (χ3v) is 6.65. The summed E-state index contributed by atoms with van der Waals surface area (Å²) in [5, 5.41) is 8.05. The van der Waals surface area contributed by atoms with Crippen LogP contribution in [0.5, 0.6) is 0 Å². The van der Waals surface area contributed by atoms with Gasteiger partial charge in [0.2, 0.25) is 0 Å². The molecule has 158 valence electrons. The van der Waals surface area contributed by atoms with Crippen molar-refractivity contribution in [1.82, 2.24) is 10.3 Å². The molecule has 0 unspecified atom stereocenters. The van der Waals surface area contributed by atoms with Crippen LogP contribution in [0.3, 0.4) is 0 Å². The number of aryl methyl sites for hydroxylation is 1. The summed E-state index contributed by atoms with van der Waals surface area (Å²) in [5.74, 6) is -0.195. The number of thiocarbonyl (C=S) groups is 1. The molecule has 0 aliphatic carbocycles. The monoisotopic (exact) mass is 477 g/mol. The fourth-order valence-corrected chi connectivity index (χ4v) is 4.78. The summed E-state index contributed by atoms with van der Waals surface area (Å²) in [4.78, 5) is 17.4. The SMILES string of the molecule is Cc1c(C(=O)NC(=S)Nc2cc(-c3nc4ccccc4s3)ccc2Cl)oc2ccccc12. The summed E-state index contributed by atoms with van der Waals surface area (Å²) >= 11 is 13.3. The molecular formula is C24H16ClN3O2S2. The summed E-state index contributed by atoms with van der Waals surface area (Å²) in [6, 6.07) is 21.0. The highest BCUT2D eigenvalue weighted by molar-refractivity contribution is 7.80. The van der Waals surface area contributed by atoms with Gasteiger partial charge in [0.05, 0.1) is 20.9 Å². The molecule has 5 rings (SSSR count). The molecule has 0 aliphatic heterocycles. The first-order valence-corrected chi connectivity index (χ1v) is 11.4. The van der Waals surface area contributed by atoms with E-state index in [4.69, 9.17) is 28.2 Å². The number of halogens is 1. The Bertz CT molecular complexity index is 1470. The van der Waals surface area contributed by atoms with Gasteiger partial charge in [-0.1, -0.05) is 48.0 Å². The number of para-hydroxylation sites is 2. The molecule has 2 heterocycles. The number of anilines is 1. The minimum Gasteiger partial charge on any atom is -0.451 e. The average Bonchev–Trinajstić information content (AvgIpc) is 3.37. The highest BCUT2D eigenvalue weighted by Gasteiger charge is 2.19. The molecule has 1 amide bonds. The fourth-order valence-electron chi connectivity index (χ4n) is 3.45. The predicted octanol–water partition coefficient (Wildman–Crippen LogP) is 6.80. The summed E-state index contributed by atoms with van der Waals surface area (Å²) in [6.45, 7) is 1.84. The lowest BCUT2D eigenvalue weighted by atomic mass is 10.1. The number of amides is 1. The Kier molecular flexibility index (Phi) is 5.38. The second kappa shape index (κ2) is 8.35. The first-order chi connectivity index (χ1) is 15.5. The lowest BCUT2D eigenvalue weighted by Gasteiger charge is -2.11. The van der Waals surface area contributed by atoms with Crippen LogP contribution < -0.4 is 10.6 Å². The van der Waals surface area contributed by atoms with Crippen LogP contribution >= 0.6 is 35.2 Å². The number of carbonyl (C=O) groups is 1. The third kappa shape index (κ3) is 3.86. The maximum Gasteiger partial charge on any atom is 0.293 e. The van der Waals surface area contributed by atoms with Gasteiger partial charge < -0.3 is 9.73 Å². The standard InChI is InChI=1S/C24H16ClN3O2S2/c1-13-15-6-2-4-8-19(15)30-21(13)22(29)28-24(31)27-18-12-14(10-11-16(18)25)23-26-17-7-3-5-9-20(17)32-23/h2-12H,1H3,(H2,27,28,29,31). The molecule has 0 fully saturated rings. The van der Waals surface area contributed by atoms with Gasteiger partial charge in [-0.3, -0.25) is 10.1 Å². The van der Waals surface area contributed by atoms with Crippen molar-refractivity contribution in [3.8, 4) is 10.6 Å². The number of carbonyl (C=O) groups excluding carboxylic acids is 1. The number of thiazole rings is 1. The van der Waals surface area contributed by atoms with Crippen LogP contribution in [-0.2, 0) is 0 Å². The van der Waals surface area contributed by atoms with Crippen LogP contribution in [0.1, 0.15) is 16.1 Å². The van der Waals surface area contributed by atoms with Crippen LogP contribution in [0.4, 0.5) is 5.69 Å². The molecule has 2 N–H and O–H groups in total. The second-order valence-corrected chi connectivity index (χ2v) is 8.99. The Balaban J connectivity index is 1.36. The zero-order valence-corrected chi connectivity index (χ0v) is 19.2. The number of nitrogens with zero attached hydrogens (tertiary/aromatic N) is 1. The number of aromatic nitrogens is 1. The molecule has 0 saturated carbocycles. The van der Waals surface area contributed by atoms with Gasteiger partial charge in [-0.2, -0.15) is 0 Å². The number of benzene rings is 3. The first-order valence-electron chi connectivity index (χ1n) is 9.75. The van der Waals surface area contributed by atoms with Crippen LogP contribution in [-0.4, -0.2) is 16.0 Å². The maximum absolute atomic E-state index is 12.7. The van der Waals surface area contributed by atoms with Crippen molar-refractivity contribution in [1.29, 1.82) is 0 Å². The zero-order chi connectivity index (χ0) is 22.2. The summed E-state index contributed by atoms with van der Waals surface area (Å²) < 4.78 is 6.82. The molecule has 5 nitrogen and oxygen atoms in total. The lowest BCUT2D eigenvalue weighted by Crippen LogP contribution is -2.34. The number of furan rings is 1. The molecule has 2 aromatic heterocycles. The van der Waals surface area contributed by atoms with E-state index in [1.165, 1.54) is 0 Å². The van der Waals surface area contributed by atoms with Crippen LogP contribution in [0.25, 0.3) is 31.8 Å². The molecule has 32 heavy (non-hydrogen) atoms. The Labute approximate surface area is 198 Å². The van der Waals surface area contributed by atoms with Gasteiger partial charge in [0.25, 0.3) is 5.91 Å². The minimum absolute atomic E-state index is 0.123. The van der Waals surface area contributed by atoms with E-state index in [1.54, 1.807) is 17.4 Å². The van der Waals surface area contributed by atoms with Crippen molar-refractivity contribution in [2.45, 2.75) is 6.92 Å². The molecule has 0 bridgehead atoms. The van der Waals surface area contributed by atoms with Gasteiger partial charge in [0.1, 0.15) is 10.6 Å². The molecule has 0 radical (unpaired) electrons. The van der Waals surface area contributed by atoms with E-state index < -0.39 is 5.91 Å². The molecule has 5 aromatic rings. The van der Waals surface area contributed by atoms with E-state index in [-0.39, 0.29) is 10.9 Å². The third-order valence-electron chi connectivity index (χ3n) is 5.03. The summed E-state index contributed by atoms with van der Waals surface area (Å²) in [7, 11) is 0. The van der Waals surface area contributed by atoms with Crippen LogP contribution in [0, 0.1) is 6.92 Å². The average molecular weight is 478 g/mol. The molecule has 0 saturated heterocycles. The fraction of sp³-hybridized carbons (Fsp3) is 0.0417. The Morgan fingerprint density at radius 1 is 1.09 bits per heavy atom. The quantitative estimate of drug-likeness (QED) is 0.280. The number of hydrogen-bond acceptors (Lipinski definition) is 5. The topological polar surface area (TPSA) is 67.2 Å². The van der Waals surface area contributed by atoms with Crippen molar-refractivity contribution < 1.29 is 9.21 Å². The van der Waals surface area contributed by atoms with E-state index in [0.29, 0.717) is 16.3 Å². The highest BCUT2D eigenvalue weighted by Crippen LogP contribution is 2.34. The maximum atomic E-state index is 12.7. The summed E-state index contributed by atoms with van der Waals surface area (Å²) in [5.41, 5.74) is 3.84. The van der Waals surface area contributed by atoms with E-state index in [0.717, 1.165) is 31.7 Å². The van der Waals surface area contributed by atoms with E-state index in [2.05, 4.69) is 15.6 Å². The van der Waals surface area contributed by atoms with Crippen LogP contribution in [0.2, 0.25) is 5.02 Å². The summed E-state index contributed by atoms with van der Waals surface area (Å²) in [6.07, 6.45) is 0.